The van der Waals surface area contributed by atoms with Gasteiger partial charge in [0.2, 0.25) is 0 Å². The van der Waals surface area contributed by atoms with Crippen molar-refractivity contribution in [2.45, 2.75) is 38.3 Å². The van der Waals surface area contributed by atoms with Gasteiger partial charge in [-0.15, -0.1) is 0 Å². The largest absolute Gasteiger partial charge is 0.387 e. The van der Waals surface area contributed by atoms with E-state index >= 15 is 0 Å². The maximum Gasteiger partial charge on any atom is 0.0919 e. The second kappa shape index (κ2) is 8.43. The summed E-state index contributed by atoms with van der Waals surface area (Å²) in [5.74, 6) is 0. The van der Waals surface area contributed by atoms with Crippen molar-refractivity contribution in [1.82, 2.24) is 0 Å². The SMILES string of the molecule is Cc1cccc(CC(O)(Cc2cccc(C)c2)C(N)c2cccc3ccccc23)c1. The Kier molecular flexibility index (Phi) is 5.72. The van der Waals surface area contributed by atoms with Crippen molar-refractivity contribution in [1.29, 1.82) is 0 Å². The van der Waals surface area contributed by atoms with E-state index in [1.807, 2.05) is 36.4 Å². The smallest absolute Gasteiger partial charge is 0.0919 e. The van der Waals surface area contributed by atoms with Crippen LogP contribution in [0.3, 0.4) is 0 Å². The third kappa shape index (κ3) is 4.30. The molecule has 0 amide bonds. The lowest BCUT2D eigenvalue weighted by atomic mass is 9.78. The van der Waals surface area contributed by atoms with Crippen LogP contribution in [0.4, 0.5) is 0 Å². The Morgan fingerprint density at radius 3 is 1.87 bits per heavy atom. The van der Waals surface area contributed by atoms with Crippen molar-refractivity contribution in [3.63, 3.8) is 0 Å². The van der Waals surface area contributed by atoms with Gasteiger partial charge in [0.25, 0.3) is 0 Å². The van der Waals surface area contributed by atoms with Gasteiger partial charge in [0.15, 0.2) is 0 Å². The third-order valence-corrected chi connectivity index (χ3v) is 5.92. The molecule has 1 atom stereocenters. The monoisotopic (exact) mass is 395 g/mol. The van der Waals surface area contributed by atoms with Gasteiger partial charge in [-0.05, 0) is 41.3 Å². The first-order chi connectivity index (χ1) is 14.4. The Labute approximate surface area is 179 Å². The van der Waals surface area contributed by atoms with Crippen LogP contribution in [-0.4, -0.2) is 10.7 Å². The zero-order valence-corrected chi connectivity index (χ0v) is 17.7. The third-order valence-electron chi connectivity index (χ3n) is 5.92. The summed E-state index contributed by atoms with van der Waals surface area (Å²) in [4.78, 5) is 0. The van der Waals surface area contributed by atoms with Crippen molar-refractivity contribution >= 4 is 10.8 Å². The maximum absolute atomic E-state index is 12.1. The molecule has 0 heterocycles. The van der Waals surface area contributed by atoms with E-state index in [1.54, 1.807) is 0 Å². The topological polar surface area (TPSA) is 46.2 Å². The molecule has 30 heavy (non-hydrogen) atoms. The lowest BCUT2D eigenvalue weighted by molar-refractivity contribution is 0.0140. The van der Waals surface area contributed by atoms with Gasteiger partial charge in [-0.1, -0.05) is 102 Å². The lowest BCUT2D eigenvalue weighted by Crippen LogP contribution is -2.45. The molecule has 1 unspecified atom stereocenters. The molecule has 0 bridgehead atoms. The molecule has 0 aliphatic rings. The molecule has 152 valence electrons. The maximum atomic E-state index is 12.1. The molecule has 4 rings (SSSR count). The lowest BCUT2D eigenvalue weighted by Gasteiger charge is -2.35. The van der Waals surface area contributed by atoms with E-state index in [0.29, 0.717) is 12.8 Å². The van der Waals surface area contributed by atoms with Crippen LogP contribution in [-0.2, 0) is 12.8 Å². The number of aliphatic hydroxyl groups is 1. The van der Waals surface area contributed by atoms with E-state index < -0.39 is 11.6 Å². The summed E-state index contributed by atoms with van der Waals surface area (Å²) in [5, 5.41) is 14.3. The van der Waals surface area contributed by atoms with Crippen LogP contribution >= 0.6 is 0 Å². The fourth-order valence-corrected chi connectivity index (χ4v) is 4.44. The van der Waals surface area contributed by atoms with Gasteiger partial charge in [-0.25, -0.2) is 0 Å². The first kappa shape index (κ1) is 20.3. The quantitative estimate of drug-likeness (QED) is 0.442. The average molecular weight is 396 g/mol. The molecule has 0 aromatic heterocycles. The minimum Gasteiger partial charge on any atom is -0.387 e. The number of hydrogen-bond donors (Lipinski definition) is 2. The van der Waals surface area contributed by atoms with Crippen molar-refractivity contribution in [2.75, 3.05) is 0 Å². The van der Waals surface area contributed by atoms with E-state index in [9.17, 15) is 5.11 Å². The molecule has 0 fully saturated rings. The van der Waals surface area contributed by atoms with Gasteiger partial charge in [0.1, 0.15) is 0 Å². The van der Waals surface area contributed by atoms with Crippen LogP contribution < -0.4 is 5.73 Å². The summed E-state index contributed by atoms with van der Waals surface area (Å²) >= 11 is 0. The number of fused-ring (bicyclic) bond motifs is 1. The average Bonchev–Trinajstić information content (AvgIpc) is 2.73. The molecule has 0 saturated carbocycles. The van der Waals surface area contributed by atoms with Gasteiger partial charge in [-0.3, -0.25) is 0 Å². The molecule has 2 heteroatoms. The second-order valence-electron chi connectivity index (χ2n) is 8.48. The molecule has 0 aliphatic carbocycles. The van der Waals surface area contributed by atoms with Gasteiger partial charge in [0, 0.05) is 12.8 Å². The number of nitrogens with two attached hydrogens (primary N) is 1. The first-order valence-electron chi connectivity index (χ1n) is 10.5. The van der Waals surface area contributed by atoms with Crippen molar-refractivity contribution in [3.8, 4) is 0 Å². The number of hydrogen-bond acceptors (Lipinski definition) is 2. The van der Waals surface area contributed by atoms with Crippen LogP contribution in [0.2, 0.25) is 0 Å². The van der Waals surface area contributed by atoms with Crippen LogP contribution in [0.5, 0.6) is 0 Å². The van der Waals surface area contributed by atoms with Crippen LogP contribution in [0, 0.1) is 13.8 Å². The highest BCUT2D eigenvalue weighted by atomic mass is 16.3. The Bertz CT molecular complexity index is 1110. The summed E-state index contributed by atoms with van der Waals surface area (Å²) in [5.41, 5.74) is 11.3. The molecule has 0 spiro atoms. The minimum absolute atomic E-state index is 0.493. The van der Waals surface area contributed by atoms with Crippen LogP contribution in [0.25, 0.3) is 10.8 Å². The molecule has 0 saturated heterocycles. The normalized spacial score (nSPS) is 12.8. The van der Waals surface area contributed by atoms with Gasteiger partial charge >= 0.3 is 0 Å². The Morgan fingerprint density at radius 2 is 1.27 bits per heavy atom. The summed E-state index contributed by atoms with van der Waals surface area (Å²) in [6.45, 7) is 4.15. The van der Waals surface area contributed by atoms with Crippen molar-refractivity contribution in [3.05, 3.63) is 119 Å². The summed E-state index contributed by atoms with van der Waals surface area (Å²) < 4.78 is 0. The highest BCUT2D eigenvalue weighted by Gasteiger charge is 2.36. The predicted molar refractivity (Wildman–Crippen MR) is 126 cm³/mol. The summed E-state index contributed by atoms with van der Waals surface area (Å²) in [6.07, 6.45) is 0.986. The number of benzene rings is 4. The molecule has 2 nitrogen and oxygen atoms in total. The zero-order valence-electron chi connectivity index (χ0n) is 17.7. The molecule has 0 radical (unpaired) electrons. The molecular weight excluding hydrogens is 366 g/mol. The molecule has 4 aromatic carbocycles. The van der Waals surface area contributed by atoms with Gasteiger partial charge < -0.3 is 10.8 Å². The highest BCUT2D eigenvalue weighted by molar-refractivity contribution is 5.86. The van der Waals surface area contributed by atoms with E-state index in [1.165, 1.54) is 11.1 Å². The summed E-state index contributed by atoms with van der Waals surface area (Å²) in [6, 6.07) is 30.5. The molecule has 4 aromatic rings. The predicted octanol–water partition coefficient (Wildman–Crippen LogP) is 5.67. The number of aryl methyl sites for hydroxylation is 2. The van der Waals surface area contributed by atoms with E-state index in [0.717, 1.165) is 27.5 Å². The van der Waals surface area contributed by atoms with Crippen molar-refractivity contribution < 1.29 is 5.11 Å². The first-order valence-corrected chi connectivity index (χ1v) is 10.5. The van der Waals surface area contributed by atoms with Crippen molar-refractivity contribution in [2.24, 2.45) is 5.73 Å². The van der Waals surface area contributed by atoms with Crippen LogP contribution in [0.15, 0.2) is 91.0 Å². The molecule has 0 aliphatic heterocycles. The Balaban J connectivity index is 1.78. The van der Waals surface area contributed by atoms with Crippen LogP contribution in [0.1, 0.15) is 33.9 Å². The van der Waals surface area contributed by atoms with Gasteiger partial charge in [-0.2, -0.15) is 0 Å². The Hall–Kier alpha value is -2.94. The Morgan fingerprint density at radius 1 is 0.733 bits per heavy atom. The fraction of sp³-hybridized carbons (Fsp3) is 0.214. The minimum atomic E-state index is -1.12. The van der Waals surface area contributed by atoms with E-state index in [4.69, 9.17) is 5.73 Å². The standard InChI is InChI=1S/C28H29NO/c1-20-8-5-10-22(16-20)18-28(30,19-23-11-6-9-21(2)17-23)27(29)26-15-7-13-24-12-3-4-14-25(24)26/h3-17,27,30H,18-19,29H2,1-2H3. The zero-order chi connectivity index (χ0) is 21.1. The highest BCUT2D eigenvalue weighted by Crippen LogP contribution is 2.35. The number of rotatable bonds is 6. The summed E-state index contributed by atoms with van der Waals surface area (Å²) in [7, 11) is 0. The van der Waals surface area contributed by atoms with E-state index in [2.05, 4.69) is 68.4 Å². The van der Waals surface area contributed by atoms with E-state index in [-0.39, 0.29) is 0 Å². The second-order valence-corrected chi connectivity index (χ2v) is 8.48. The molecular formula is C28H29NO. The van der Waals surface area contributed by atoms with Gasteiger partial charge in [0.05, 0.1) is 11.6 Å². The fourth-order valence-electron chi connectivity index (χ4n) is 4.44. The molecule has 3 N–H and O–H groups in total.